The highest BCUT2D eigenvalue weighted by molar-refractivity contribution is 7.89. The molecule has 0 radical (unpaired) electrons. The molecule has 1 aromatic heterocycles. The second-order valence-electron chi connectivity index (χ2n) is 7.30. The number of fused-ring (bicyclic) bond motifs is 1. The van der Waals surface area contributed by atoms with Crippen molar-refractivity contribution in [3.63, 3.8) is 0 Å². The van der Waals surface area contributed by atoms with Crippen molar-refractivity contribution in [2.75, 3.05) is 13.1 Å². The van der Waals surface area contributed by atoms with Crippen LogP contribution in [0.4, 0.5) is 0 Å². The zero-order valence-electron chi connectivity index (χ0n) is 18.2. The Morgan fingerprint density at radius 2 is 1.90 bits per heavy atom. The number of nitrogens with zero attached hydrogens (tertiary/aromatic N) is 3. The van der Waals surface area contributed by atoms with Crippen molar-refractivity contribution in [1.29, 1.82) is 0 Å². The number of aromatic nitrogens is 2. The van der Waals surface area contributed by atoms with Crippen LogP contribution in [0.3, 0.4) is 0 Å². The van der Waals surface area contributed by atoms with E-state index >= 15 is 0 Å². The van der Waals surface area contributed by atoms with Crippen LogP contribution in [-0.2, 0) is 27.8 Å². The topological polar surface area (TPSA) is 84.3 Å². The minimum Gasteiger partial charge on any atom is -0.354 e. The fraction of sp³-hybridized carbons (Fsp3) is 0.619. The van der Waals surface area contributed by atoms with Crippen molar-refractivity contribution in [2.24, 2.45) is 0 Å². The molecular formula is C21H34N4O3S. The number of imidazole rings is 1. The van der Waals surface area contributed by atoms with E-state index < -0.39 is 10.0 Å². The fourth-order valence-electron chi connectivity index (χ4n) is 3.37. The third kappa shape index (κ3) is 5.36. The van der Waals surface area contributed by atoms with Gasteiger partial charge < -0.3 is 9.88 Å². The van der Waals surface area contributed by atoms with Crippen molar-refractivity contribution in [3.8, 4) is 0 Å². The second kappa shape index (κ2) is 10.2. The van der Waals surface area contributed by atoms with E-state index in [0.717, 1.165) is 30.7 Å². The van der Waals surface area contributed by atoms with E-state index in [1.54, 1.807) is 12.1 Å². The first-order chi connectivity index (χ1) is 13.8. The number of hydrogen-bond donors (Lipinski definition) is 1. The quantitative estimate of drug-likeness (QED) is 0.602. The Hall–Kier alpha value is -1.93. The molecule has 162 valence electrons. The first-order valence-electron chi connectivity index (χ1n) is 10.6. The van der Waals surface area contributed by atoms with E-state index in [1.807, 2.05) is 33.8 Å². The van der Waals surface area contributed by atoms with Gasteiger partial charge in [-0.05, 0) is 38.0 Å². The second-order valence-corrected chi connectivity index (χ2v) is 9.23. The number of amides is 1. The zero-order chi connectivity index (χ0) is 21.6. The Morgan fingerprint density at radius 1 is 1.21 bits per heavy atom. The maximum absolute atomic E-state index is 12.8. The van der Waals surface area contributed by atoms with Crippen molar-refractivity contribution in [1.82, 2.24) is 19.2 Å². The number of nitrogens with one attached hydrogen (secondary N) is 1. The summed E-state index contributed by atoms with van der Waals surface area (Å²) in [6.45, 7) is 11.4. The van der Waals surface area contributed by atoms with Crippen molar-refractivity contribution < 1.29 is 13.2 Å². The van der Waals surface area contributed by atoms with E-state index in [-0.39, 0.29) is 16.8 Å². The fourth-order valence-corrected chi connectivity index (χ4v) is 4.85. The van der Waals surface area contributed by atoms with Crippen LogP contribution in [0.15, 0.2) is 23.1 Å². The lowest BCUT2D eigenvalue weighted by molar-refractivity contribution is -0.121. The predicted octanol–water partition coefficient (Wildman–Crippen LogP) is 3.32. The molecular weight excluding hydrogens is 388 g/mol. The molecule has 1 heterocycles. The van der Waals surface area contributed by atoms with Gasteiger partial charge in [0.05, 0.1) is 15.9 Å². The smallest absolute Gasteiger partial charge is 0.243 e. The summed E-state index contributed by atoms with van der Waals surface area (Å²) in [5.41, 5.74) is 1.56. The van der Waals surface area contributed by atoms with Crippen LogP contribution < -0.4 is 5.32 Å². The average molecular weight is 423 g/mol. The molecule has 0 aliphatic rings. The molecule has 0 spiro atoms. The molecule has 1 aromatic carbocycles. The molecule has 0 unspecified atom stereocenters. The van der Waals surface area contributed by atoms with Gasteiger partial charge in [0.2, 0.25) is 15.9 Å². The third-order valence-electron chi connectivity index (χ3n) is 5.18. The van der Waals surface area contributed by atoms with Crippen LogP contribution in [-0.4, -0.2) is 47.3 Å². The summed E-state index contributed by atoms with van der Waals surface area (Å²) in [6, 6.07) is 5.29. The van der Waals surface area contributed by atoms with E-state index in [2.05, 4.69) is 21.8 Å². The lowest BCUT2D eigenvalue weighted by Gasteiger charge is -2.18. The molecule has 2 rings (SSSR count). The Labute approximate surface area is 174 Å². The van der Waals surface area contributed by atoms with Crippen molar-refractivity contribution in [2.45, 2.75) is 77.8 Å². The van der Waals surface area contributed by atoms with Crippen LogP contribution in [0.5, 0.6) is 0 Å². The number of rotatable bonds is 11. The Bertz CT molecular complexity index is 933. The molecule has 0 aliphatic carbocycles. The van der Waals surface area contributed by atoms with Gasteiger partial charge in [0, 0.05) is 38.5 Å². The molecule has 1 N–H and O–H groups in total. The zero-order valence-corrected chi connectivity index (χ0v) is 19.1. The first kappa shape index (κ1) is 23.3. The minimum absolute atomic E-state index is 0.0132. The van der Waals surface area contributed by atoms with Crippen molar-refractivity contribution >= 4 is 27.0 Å². The van der Waals surface area contributed by atoms with Gasteiger partial charge in [-0.25, -0.2) is 13.4 Å². The molecule has 29 heavy (non-hydrogen) atoms. The van der Waals surface area contributed by atoms with Crippen LogP contribution in [0.25, 0.3) is 11.0 Å². The highest BCUT2D eigenvalue weighted by Gasteiger charge is 2.23. The molecule has 0 saturated heterocycles. The summed E-state index contributed by atoms with van der Waals surface area (Å²) in [4.78, 5) is 17.1. The number of hydrogen-bond acceptors (Lipinski definition) is 4. The predicted molar refractivity (Wildman–Crippen MR) is 116 cm³/mol. The van der Waals surface area contributed by atoms with Crippen LogP contribution in [0.1, 0.15) is 59.7 Å². The standard InChI is InChI=1S/C21H34N4O3S/c1-6-14-25-19-11-10-17(29(27,28)24(8-3)9-4)15-18(19)23-20(25)12-13-21(26)22-16(5)7-2/h10-11,15-16H,6-9,12-14H2,1-5H3,(H,22,26)/t16-/m0/s1. The monoisotopic (exact) mass is 422 g/mol. The third-order valence-corrected chi connectivity index (χ3v) is 7.23. The summed E-state index contributed by atoms with van der Waals surface area (Å²) < 4.78 is 29.2. The summed E-state index contributed by atoms with van der Waals surface area (Å²) in [5, 5.41) is 2.98. The number of carbonyl (C=O) groups is 1. The Morgan fingerprint density at radius 3 is 2.48 bits per heavy atom. The highest BCUT2D eigenvalue weighted by Crippen LogP contribution is 2.24. The van der Waals surface area contributed by atoms with Gasteiger partial charge in [0.25, 0.3) is 0 Å². The van der Waals surface area contributed by atoms with Gasteiger partial charge >= 0.3 is 0 Å². The lowest BCUT2D eigenvalue weighted by atomic mass is 10.2. The maximum atomic E-state index is 12.8. The maximum Gasteiger partial charge on any atom is 0.243 e. The molecule has 2 aromatic rings. The summed E-state index contributed by atoms with van der Waals surface area (Å²) in [7, 11) is -3.53. The summed E-state index contributed by atoms with van der Waals surface area (Å²) >= 11 is 0. The normalized spacial score (nSPS) is 13.2. The number of aryl methyl sites for hydroxylation is 2. The van der Waals surface area contributed by atoms with Crippen LogP contribution in [0, 0.1) is 0 Å². The van der Waals surface area contributed by atoms with Gasteiger partial charge in [-0.2, -0.15) is 4.31 Å². The molecule has 1 amide bonds. The van der Waals surface area contributed by atoms with E-state index in [1.165, 1.54) is 4.31 Å². The van der Waals surface area contributed by atoms with E-state index in [9.17, 15) is 13.2 Å². The average Bonchev–Trinajstić information content (AvgIpc) is 3.04. The molecule has 0 fully saturated rings. The van der Waals surface area contributed by atoms with Crippen molar-refractivity contribution in [3.05, 3.63) is 24.0 Å². The molecule has 0 bridgehead atoms. The van der Waals surface area contributed by atoms with Crippen LogP contribution >= 0.6 is 0 Å². The molecule has 8 heteroatoms. The minimum atomic E-state index is -3.53. The van der Waals surface area contributed by atoms with E-state index in [4.69, 9.17) is 0 Å². The van der Waals surface area contributed by atoms with Gasteiger partial charge in [-0.15, -0.1) is 0 Å². The Kier molecular flexibility index (Phi) is 8.22. The lowest BCUT2D eigenvalue weighted by Crippen LogP contribution is -2.32. The van der Waals surface area contributed by atoms with Gasteiger partial charge in [-0.1, -0.05) is 27.7 Å². The number of sulfonamides is 1. The molecule has 7 nitrogen and oxygen atoms in total. The summed E-state index contributed by atoms with van der Waals surface area (Å²) in [6.07, 6.45) is 2.71. The summed E-state index contributed by atoms with van der Waals surface area (Å²) in [5.74, 6) is 0.831. The largest absolute Gasteiger partial charge is 0.354 e. The van der Waals surface area contributed by atoms with Gasteiger partial charge in [-0.3, -0.25) is 4.79 Å². The van der Waals surface area contributed by atoms with Gasteiger partial charge in [0.1, 0.15) is 5.82 Å². The van der Waals surface area contributed by atoms with E-state index in [0.29, 0.717) is 31.4 Å². The van der Waals surface area contributed by atoms with Gasteiger partial charge in [0.15, 0.2) is 0 Å². The van der Waals surface area contributed by atoms with Crippen LogP contribution in [0.2, 0.25) is 0 Å². The molecule has 0 saturated carbocycles. The SMILES string of the molecule is CCCn1c(CCC(=O)N[C@@H](C)CC)nc2cc(S(=O)(=O)N(CC)CC)ccc21. The number of benzene rings is 1. The molecule has 0 aliphatic heterocycles. The molecule has 1 atom stereocenters. The Balaban J connectivity index is 2.35. The first-order valence-corrected chi connectivity index (χ1v) is 12.0. The highest BCUT2D eigenvalue weighted by atomic mass is 32.2. The number of carbonyl (C=O) groups excluding carboxylic acids is 1.